The fourth-order valence-electron chi connectivity index (χ4n) is 2.30. The van der Waals surface area contributed by atoms with Crippen LogP contribution in [0.2, 0.25) is 0 Å². The molecule has 124 valence electrons. The largest absolute Gasteiger partial charge is 0.321 e. The van der Waals surface area contributed by atoms with Crippen LogP contribution in [0.25, 0.3) is 12.2 Å². The Morgan fingerprint density at radius 1 is 1.36 bits per heavy atom. The predicted molar refractivity (Wildman–Crippen MR) is 103 cm³/mol. The van der Waals surface area contributed by atoms with Gasteiger partial charge in [0.05, 0.1) is 5.69 Å². The molecule has 0 spiro atoms. The maximum absolute atomic E-state index is 12.4. The molecule has 7 heteroatoms. The summed E-state index contributed by atoms with van der Waals surface area (Å²) >= 11 is 3.24. The number of fused-ring (bicyclic) bond motifs is 1. The van der Waals surface area contributed by atoms with Gasteiger partial charge >= 0.3 is 0 Å². The van der Waals surface area contributed by atoms with Gasteiger partial charge in [0.1, 0.15) is 16.2 Å². The summed E-state index contributed by atoms with van der Waals surface area (Å²) in [6.45, 7) is 0. The lowest BCUT2D eigenvalue weighted by molar-refractivity contribution is -0.112. The summed E-state index contributed by atoms with van der Waals surface area (Å²) in [5.74, 6) is 3.13. The summed E-state index contributed by atoms with van der Waals surface area (Å²) in [7, 11) is -2.47. The van der Waals surface area contributed by atoms with Crippen molar-refractivity contribution in [2.24, 2.45) is 0 Å². The number of halogens is 1. The number of hydrogen-bond acceptors (Lipinski definition) is 4. The monoisotopic (exact) mass is 413 g/mol. The Labute approximate surface area is 153 Å². The van der Waals surface area contributed by atoms with Gasteiger partial charge in [0.15, 0.2) is 0 Å². The maximum atomic E-state index is 12.4. The number of benzene rings is 1. The zero-order chi connectivity index (χ0) is 18.0. The fourth-order valence-corrected chi connectivity index (χ4v) is 4.04. The van der Waals surface area contributed by atoms with E-state index < -0.39 is 15.4 Å². The number of rotatable bonds is 3. The third-order valence-corrected chi connectivity index (χ3v) is 5.62. The third-order valence-electron chi connectivity index (χ3n) is 3.51. The zero-order valence-electron chi connectivity index (χ0n) is 12.9. The second kappa shape index (κ2) is 6.67. The minimum Gasteiger partial charge on any atom is -0.321 e. The summed E-state index contributed by atoms with van der Waals surface area (Å²) in [6.07, 6.45) is 3.15. The molecular weight excluding hydrogens is 402 g/mol. The van der Waals surface area contributed by atoms with E-state index in [-0.39, 0.29) is 5.57 Å². The van der Waals surface area contributed by atoms with E-state index in [9.17, 15) is 14.3 Å². The maximum Gasteiger partial charge on any atom is 0.266 e. The third kappa shape index (κ3) is 3.71. The van der Waals surface area contributed by atoms with Crippen LogP contribution in [0.15, 0.2) is 56.9 Å². The van der Waals surface area contributed by atoms with Crippen LogP contribution in [-0.4, -0.2) is 21.0 Å². The van der Waals surface area contributed by atoms with Gasteiger partial charge in [0.2, 0.25) is 0 Å². The molecule has 2 aromatic rings. The van der Waals surface area contributed by atoms with Crippen molar-refractivity contribution in [3.05, 3.63) is 63.2 Å². The van der Waals surface area contributed by atoms with E-state index in [0.29, 0.717) is 20.9 Å². The second-order valence-corrected chi connectivity index (χ2v) is 8.27. The highest BCUT2D eigenvalue weighted by Gasteiger charge is 2.17. The molecule has 2 heterocycles. The van der Waals surface area contributed by atoms with E-state index in [0.717, 1.165) is 5.56 Å². The topological polar surface area (TPSA) is 82.9 Å². The van der Waals surface area contributed by atoms with Crippen LogP contribution in [0.1, 0.15) is 11.3 Å². The molecule has 1 atom stereocenters. The summed E-state index contributed by atoms with van der Waals surface area (Å²) in [5.41, 5.74) is 1.67. The average Bonchev–Trinajstić information content (AvgIpc) is 2.87. The van der Waals surface area contributed by atoms with Gasteiger partial charge in [-0.05, 0) is 69.2 Å². The molecule has 1 aromatic heterocycles. The first-order valence-corrected chi connectivity index (χ1v) is 9.72. The highest BCUT2D eigenvalue weighted by molar-refractivity contribution is 9.10. The van der Waals surface area contributed by atoms with E-state index >= 15 is 0 Å². The number of carbonyl (C=O) groups excluding carboxylic acids is 1. The number of pyridine rings is 1. The fraction of sp³-hybridized carbons (Fsp3) is 0. The molecule has 1 unspecified atom stereocenters. The van der Waals surface area contributed by atoms with Gasteiger partial charge < -0.3 is 5.32 Å². The Morgan fingerprint density at radius 3 is 2.88 bits per heavy atom. The molecule has 0 saturated heterocycles. The van der Waals surface area contributed by atoms with Crippen LogP contribution >= 0.6 is 15.9 Å². The van der Waals surface area contributed by atoms with E-state index in [2.05, 4.69) is 32.1 Å². The summed E-state index contributed by atoms with van der Waals surface area (Å²) in [6, 6.07) is 12.1. The molecule has 1 aliphatic rings. The van der Waals surface area contributed by atoms with Crippen LogP contribution < -0.4 is 5.32 Å². The van der Waals surface area contributed by atoms with Crippen molar-refractivity contribution in [1.29, 1.82) is 5.26 Å². The quantitative estimate of drug-likeness (QED) is 0.361. The molecule has 5 nitrogen and oxygen atoms in total. The number of nitrogens with zero attached hydrogens (tertiary/aromatic N) is 2. The minimum absolute atomic E-state index is 0.0837. The van der Waals surface area contributed by atoms with E-state index in [1.807, 2.05) is 6.07 Å². The Balaban J connectivity index is 1.86. The van der Waals surface area contributed by atoms with Crippen molar-refractivity contribution in [1.82, 2.24) is 4.98 Å². The molecule has 0 bridgehead atoms. The lowest BCUT2D eigenvalue weighted by Gasteiger charge is -2.08. The van der Waals surface area contributed by atoms with Crippen molar-refractivity contribution < 1.29 is 9.00 Å². The number of hydrogen-bond donors (Lipinski definition) is 1. The molecule has 0 saturated carbocycles. The Bertz CT molecular complexity index is 1080. The first-order valence-electron chi connectivity index (χ1n) is 7.14. The molecule has 1 N–H and O–H groups in total. The van der Waals surface area contributed by atoms with Crippen molar-refractivity contribution in [2.75, 3.05) is 5.32 Å². The van der Waals surface area contributed by atoms with Crippen LogP contribution in [0.4, 0.5) is 5.69 Å². The molecule has 0 fully saturated rings. The van der Waals surface area contributed by atoms with Crippen molar-refractivity contribution >= 4 is 55.1 Å². The second-order valence-electron chi connectivity index (χ2n) is 5.29. The molecule has 1 aliphatic heterocycles. The van der Waals surface area contributed by atoms with Gasteiger partial charge in [-0.2, -0.15) is 5.26 Å². The first-order chi connectivity index (χ1) is 11.9. The summed E-state index contributed by atoms with van der Waals surface area (Å²) in [5, 5.41) is 13.5. The number of nitrogens with one attached hydrogen (secondary N) is 1. The summed E-state index contributed by atoms with van der Waals surface area (Å²) < 4.78 is 12.9. The summed E-state index contributed by atoms with van der Waals surface area (Å²) in [4.78, 5) is 17.1. The standard InChI is InChI=1S/C18H12BrN3O2S/c1-25(24)8-7-12-5-6-15(10-16(12)25)22-18(23)13(11-20)9-14-3-2-4-17(19)21-14/h2-10H,1H2,(H,22,23)/b13-9+. The Morgan fingerprint density at radius 2 is 2.16 bits per heavy atom. The van der Waals surface area contributed by atoms with E-state index in [1.54, 1.807) is 47.9 Å². The van der Waals surface area contributed by atoms with Gasteiger partial charge in [-0.25, -0.2) is 4.98 Å². The number of aromatic nitrogens is 1. The van der Waals surface area contributed by atoms with Gasteiger partial charge in [0.25, 0.3) is 5.91 Å². The van der Waals surface area contributed by atoms with Crippen LogP contribution in [0.5, 0.6) is 0 Å². The number of carbonyl (C=O) groups is 1. The molecule has 25 heavy (non-hydrogen) atoms. The highest BCUT2D eigenvalue weighted by atomic mass is 79.9. The Hall–Kier alpha value is -2.69. The van der Waals surface area contributed by atoms with Crippen molar-refractivity contribution in [3.63, 3.8) is 0 Å². The van der Waals surface area contributed by atoms with Crippen molar-refractivity contribution in [3.8, 4) is 6.07 Å². The molecule has 0 aliphatic carbocycles. The zero-order valence-corrected chi connectivity index (χ0v) is 15.3. The first kappa shape index (κ1) is 17.1. The Kier molecular flexibility index (Phi) is 4.57. The van der Waals surface area contributed by atoms with Gasteiger partial charge in [0, 0.05) is 20.1 Å². The van der Waals surface area contributed by atoms with Gasteiger partial charge in [-0.1, -0.05) is 12.1 Å². The SMILES string of the molecule is C=S1(=O)C=Cc2ccc(NC(=O)/C(C#N)=C/c3cccc(Br)n3)cc21. The molecular formula is C18H12BrN3O2S. The van der Waals surface area contributed by atoms with Gasteiger partial charge in [-0.3, -0.25) is 9.00 Å². The average molecular weight is 414 g/mol. The van der Waals surface area contributed by atoms with Crippen LogP contribution in [0.3, 0.4) is 0 Å². The van der Waals surface area contributed by atoms with Crippen LogP contribution in [0, 0.1) is 11.3 Å². The molecule has 0 radical (unpaired) electrons. The predicted octanol–water partition coefficient (Wildman–Crippen LogP) is 3.45. The van der Waals surface area contributed by atoms with E-state index in [1.165, 1.54) is 6.08 Å². The normalized spacial score (nSPS) is 18.5. The molecule has 1 aromatic carbocycles. The van der Waals surface area contributed by atoms with E-state index in [4.69, 9.17) is 0 Å². The highest BCUT2D eigenvalue weighted by Crippen LogP contribution is 2.29. The lowest BCUT2D eigenvalue weighted by atomic mass is 10.2. The van der Waals surface area contributed by atoms with Crippen LogP contribution in [-0.2, 0) is 14.3 Å². The lowest BCUT2D eigenvalue weighted by Crippen LogP contribution is -2.14. The molecule has 3 rings (SSSR count). The number of anilines is 1. The number of nitriles is 1. The number of amides is 1. The molecule has 1 amide bonds. The van der Waals surface area contributed by atoms with Crippen molar-refractivity contribution in [2.45, 2.75) is 4.90 Å². The minimum atomic E-state index is -2.47. The van der Waals surface area contributed by atoms with Gasteiger partial charge in [-0.15, -0.1) is 0 Å². The smallest absolute Gasteiger partial charge is 0.266 e.